The minimum Gasteiger partial charge on any atom is -0.468 e. The van der Waals surface area contributed by atoms with E-state index in [0.717, 1.165) is 0 Å². The number of hydrogen-bond donors (Lipinski definition) is 1. The zero-order valence-corrected chi connectivity index (χ0v) is 19.0. The third-order valence-electron chi connectivity index (χ3n) is 5.35. The van der Waals surface area contributed by atoms with Crippen LogP contribution in [0, 0.1) is 11.3 Å². The molecular weight excluding hydrogens is 458 g/mol. The van der Waals surface area contributed by atoms with Crippen LogP contribution in [0.4, 0.5) is 5.82 Å². The van der Waals surface area contributed by atoms with Gasteiger partial charge in [0.05, 0.1) is 12.3 Å². The maximum atomic E-state index is 12.0. The van der Waals surface area contributed by atoms with Gasteiger partial charge in [0.15, 0.2) is 24.8 Å². The Hall–Kier alpha value is -4.21. The van der Waals surface area contributed by atoms with Crippen molar-refractivity contribution in [2.45, 2.75) is 37.8 Å². The molecule has 0 aliphatic carbocycles. The van der Waals surface area contributed by atoms with Crippen molar-refractivity contribution >= 4 is 23.3 Å². The fourth-order valence-electron chi connectivity index (χ4n) is 3.92. The largest absolute Gasteiger partial charge is 0.468 e. The molecule has 182 valence electrons. The van der Waals surface area contributed by atoms with E-state index in [2.05, 4.69) is 10.1 Å². The third-order valence-corrected chi connectivity index (χ3v) is 5.35. The van der Waals surface area contributed by atoms with Crippen LogP contribution in [-0.2, 0) is 28.5 Å². The number of hydrogen-bond acceptors (Lipinski definition) is 11. The molecule has 0 radical (unpaired) electrons. The maximum Gasteiger partial charge on any atom is 0.303 e. The second-order valence-electron chi connectivity index (χ2n) is 7.77. The van der Waals surface area contributed by atoms with Gasteiger partial charge in [-0.3, -0.25) is 9.59 Å². The molecule has 1 aromatic carbocycles. The van der Waals surface area contributed by atoms with Crippen LogP contribution in [0.2, 0.25) is 0 Å². The minimum atomic E-state index is -1.82. The van der Waals surface area contributed by atoms with E-state index < -0.39 is 35.9 Å². The van der Waals surface area contributed by atoms with Crippen LogP contribution >= 0.6 is 0 Å². The van der Waals surface area contributed by atoms with Gasteiger partial charge in [0.1, 0.15) is 29.8 Å². The van der Waals surface area contributed by atoms with E-state index in [4.69, 9.17) is 29.4 Å². The van der Waals surface area contributed by atoms with Crippen molar-refractivity contribution < 1.29 is 33.3 Å². The lowest BCUT2D eigenvalue weighted by molar-refractivity contribution is -0.169. The van der Waals surface area contributed by atoms with Gasteiger partial charge >= 0.3 is 11.9 Å². The van der Waals surface area contributed by atoms with Crippen LogP contribution in [0.1, 0.15) is 25.6 Å². The number of carbonyl (C=O) groups excluding carboxylic acids is 2. The Morgan fingerprint density at radius 1 is 1.17 bits per heavy atom. The number of carbonyl (C=O) groups is 2. The SMILES string of the molecule is CC(=O)O[C@H]1[C@H](c2ccc3c(N)ncnn23)O[C@](C#N)(COCOc2ccccc2)[C@H]1OC(C)=O. The van der Waals surface area contributed by atoms with Gasteiger partial charge in [-0.05, 0) is 24.3 Å². The summed E-state index contributed by atoms with van der Waals surface area (Å²) in [6.45, 7) is 1.84. The molecule has 4 atom stereocenters. The van der Waals surface area contributed by atoms with Crippen LogP contribution in [0.25, 0.3) is 5.52 Å². The molecule has 0 saturated carbocycles. The molecule has 1 aliphatic heterocycles. The highest BCUT2D eigenvalue weighted by Gasteiger charge is 2.61. The van der Waals surface area contributed by atoms with E-state index in [1.807, 2.05) is 12.1 Å². The predicted octanol–water partition coefficient (Wildman–Crippen LogP) is 1.56. The summed E-state index contributed by atoms with van der Waals surface area (Å²) in [7, 11) is 0. The monoisotopic (exact) mass is 481 g/mol. The van der Waals surface area contributed by atoms with Crippen LogP contribution in [0.15, 0.2) is 48.8 Å². The molecule has 0 unspecified atom stereocenters. The Morgan fingerprint density at radius 2 is 1.91 bits per heavy atom. The van der Waals surface area contributed by atoms with Gasteiger partial charge in [-0.2, -0.15) is 10.4 Å². The molecule has 2 N–H and O–H groups in total. The average Bonchev–Trinajstić information content (AvgIpc) is 3.38. The van der Waals surface area contributed by atoms with Crippen LogP contribution < -0.4 is 10.5 Å². The summed E-state index contributed by atoms with van der Waals surface area (Å²) in [5, 5.41) is 14.4. The number of nitrogen functional groups attached to an aromatic ring is 1. The molecule has 2 aromatic heterocycles. The normalized spacial score (nSPS) is 23.5. The first-order valence-electron chi connectivity index (χ1n) is 10.6. The fourth-order valence-corrected chi connectivity index (χ4v) is 3.92. The number of benzene rings is 1. The zero-order chi connectivity index (χ0) is 25.0. The highest BCUT2D eigenvalue weighted by molar-refractivity contribution is 5.68. The lowest BCUT2D eigenvalue weighted by Crippen LogP contribution is -2.49. The summed E-state index contributed by atoms with van der Waals surface area (Å²) in [5.74, 6) is -0.561. The number of fused-ring (bicyclic) bond motifs is 1. The van der Waals surface area contributed by atoms with Crippen LogP contribution in [-0.4, -0.2) is 57.7 Å². The summed E-state index contributed by atoms with van der Waals surface area (Å²) in [5.41, 5.74) is 5.01. The van der Waals surface area contributed by atoms with E-state index in [9.17, 15) is 14.9 Å². The molecular formula is C23H23N5O7. The number of anilines is 1. The Kier molecular flexibility index (Phi) is 6.81. The Labute approximate surface area is 200 Å². The summed E-state index contributed by atoms with van der Waals surface area (Å²) in [6.07, 6.45) is -2.27. The Morgan fingerprint density at radius 3 is 2.60 bits per heavy atom. The molecule has 0 amide bonds. The zero-order valence-electron chi connectivity index (χ0n) is 19.0. The van der Waals surface area contributed by atoms with Gasteiger partial charge in [-0.1, -0.05) is 18.2 Å². The quantitative estimate of drug-likeness (QED) is 0.282. The lowest BCUT2D eigenvalue weighted by atomic mass is 9.95. The number of nitriles is 1. The van der Waals surface area contributed by atoms with Gasteiger partial charge < -0.3 is 29.4 Å². The highest BCUT2D eigenvalue weighted by Crippen LogP contribution is 2.44. The topological polar surface area (TPSA) is 160 Å². The van der Waals surface area contributed by atoms with Gasteiger partial charge in [0.25, 0.3) is 0 Å². The second kappa shape index (κ2) is 9.96. The molecule has 0 spiro atoms. The predicted molar refractivity (Wildman–Crippen MR) is 119 cm³/mol. The first kappa shape index (κ1) is 23.9. The summed E-state index contributed by atoms with van der Waals surface area (Å²) < 4.78 is 29.7. The second-order valence-corrected chi connectivity index (χ2v) is 7.77. The molecule has 1 saturated heterocycles. The molecule has 35 heavy (non-hydrogen) atoms. The number of rotatable bonds is 8. The molecule has 12 nitrogen and oxygen atoms in total. The number of nitrogens with two attached hydrogens (primary N) is 1. The van der Waals surface area contributed by atoms with Crippen molar-refractivity contribution in [2.75, 3.05) is 19.1 Å². The molecule has 1 fully saturated rings. The Balaban J connectivity index is 1.66. The third kappa shape index (κ3) is 4.86. The first-order valence-corrected chi connectivity index (χ1v) is 10.6. The maximum absolute atomic E-state index is 12.0. The van der Waals surface area contributed by atoms with Gasteiger partial charge in [-0.15, -0.1) is 0 Å². The standard InChI is InChI=1S/C23H23N5O7/c1-14(29)33-20-19(17-8-9-18-22(25)26-12-27-28(17)18)35-23(10-24,21(20)34-15(2)30)11-31-13-32-16-6-4-3-5-7-16/h3-9,12,19-21H,11,13H2,1-2H3,(H2,25,26,27)/t19-,20-,21-,23+/m0/s1. The van der Waals surface area contributed by atoms with Crippen molar-refractivity contribution in [1.82, 2.24) is 14.6 Å². The number of ether oxygens (including phenoxy) is 5. The molecule has 3 heterocycles. The van der Waals surface area contributed by atoms with Gasteiger partial charge in [0.2, 0.25) is 5.60 Å². The Bertz CT molecular complexity index is 1260. The molecule has 12 heteroatoms. The minimum absolute atomic E-state index is 0.204. The van der Waals surface area contributed by atoms with Crippen molar-refractivity contribution in [3.05, 3.63) is 54.5 Å². The van der Waals surface area contributed by atoms with Crippen molar-refractivity contribution in [2.24, 2.45) is 0 Å². The first-order chi connectivity index (χ1) is 16.8. The smallest absolute Gasteiger partial charge is 0.303 e. The summed E-state index contributed by atoms with van der Waals surface area (Å²) in [6, 6.07) is 14.3. The van der Waals surface area contributed by atoms with Gasteiger partial charge in [-0.25, -0.2) is 9.50 Å². The molecule has 0 bridgehead atoms. The molecule has 1 aliphatic rings. The molecule has 3 aromatic rings. The van der Waals surface area contributed by atoms with Gasteiger partial charge in [0, 0.05) is 13.8 Å². The molecule has 4 rings (SSSR count). The van der Waals surface area contributed by atoms with Crippen LogP contribution in [0.5, 0.6) is 5.75 Å². The van der Waals surface area contributed by atoms with E-state index in [1.165, 1.54) is 24.7 Å². The summed E-state index contributed by atoms with van der Waals surface area (Å²) >= 11 is 0. The number of aromatic nitrogens is 3. The number of esters is 2. The average molecular weight is 481 g/mol. The van der Waals surface area contributed by atoms with E-state index in [1.54, 1.807) is 36.4 Å². The van der Waals surface area contributed by atoms with Crippen molar-refractivity contribution in [3.8, 4) is 11.8 Å². The van der Waals surface area contributed by atoms with Crippen LogP contribution in [0.3, 0.4) is 0 Å². The summed E-state index contributed by atoms with van der Waals surface area (Å²) in [4.78, 5) is 27.9. The number of para-hydroxylation sites is 1. The van der Waals surface area contributed by atoms with E-state index >= 15 is 0 Å². The van der Waals surface area contributed by atoms with Crippen molar-refractivity contribution in [3.63, 3.8) is 0 Å². The van der Waals surface area contributed by atoms with E-state index in [-0.39, 0.29) is 19.2 Å². The lowest BCUT2D eigenvalue weighted by Gasteiger charge is -2.28. The highest BCUT2D eigenvalue weighted by atomic mass is 16.7. The number of nitrogens with zero attached hydrogens (tertiary/aromatic N) is 4. The van der Waals surface area contributed by atoms with E-state index in [0.29, 0.717) is 17.0 Å². The fraction of sp³-hybridized carbons (Fsp3) is 0.348. The van der Waals surface area contributed by atoms with Crippen molar-refractivity contribution in [1.29, 1.82) is 5.26 Å².